The summed E-state index contributed by atoms with van der Waals surface area (Å²) in [7, 11) is 0. The second-order valence-electron chi connectivity index (χ2n) is 8.63. The van der Waals surface area contributed by atoms with E-state index in [2.05, 4.69) is 20.1 Å². The van der Waals surface area contributed by atoms with E-state index in [-0.39, 0.29) is 22.3 Å². The Labute approximate surface area is 184 Å². The number of anilines is 2. The third-order valence-corrected chi connectivity index (χ3v) is 6.14. The molecule has 1 spiro atoms. The third kappa shape index (κ3) is 4.15. The highest BCUT2D eigenvalue weighted by atomic mass is 19.4. The van der Waals surface area contributed by atoms with Gasteiger partial charge in [-0.05, 0) is 18.9 Å². The van der Waals surface area contributed by atoms with Gasteiger partial charge in [-0.15, -0.1) is 0 Å². The van der Waals surface area contributed by atoms with Crippen LogP contribution in [0.5, 0.6) is 0 Å². The number of piperidine rings is 1. The maximum atomic E-state index is 13.4. The Balaban J connectivity index is 1.34. The lowest BCUT2D eigenvalue weighted by Crippen LogP contribution is -2.63. The van der Waals surface area contributed by atoms with Crippen molar-refractivity contribution in [3.05, 3.63) is 36.4 Å². The summed E-state index contributed by atoms with van der Waals surface area (Å²) in [5.41, 5.74) is -0.561. The quantitative estimate of drug-likeness (QED) is 0.540. The summed E-state index contributed by atoms with van der Waals surface area (Å²) in [6.07, 6.45) is -2.44. The molecule has 0 radical (unpaired) electrons. The number of hydrogen-bond acceptors (Lipinski definition) is 6. The number of pyridine rings is 1. The largest absolute Gasteiger partial charge is 0.419 e. The van der Waals surface area contributed by atoms with Gasteiger partial charge in [-0.3, -0.25) is 4.98 Å². The van der Waals surface area contributed by atoms with E-state index in [0.717, 1.165) is 23.7 Å². The number of fused-ring (bicyclic) bond motifs is 1. The summed E-state index contributed by atoms with van der Waals surface area (Å²) in [6, 6.07) is 1.39. The molecule has 5 heterocycles. The summed E-state index contributed by atoms with van der Waals surface area (Å²) in [5, 5.41) is 3.73. The van der Waals surface area contributed by atoms with E-state index in [4.69, 9.17) is 0 Å². The fourth-order valence-corrected chi connectivity index (χ4v) is 4.76. The van der Waals surface area contributed by atoms with E-state index in [0.29, 0.717) is 32.0 Å². The van der Waals surface area contributed by atoms with Crippen LogP contribution in [-0.2, 0) is 12.7 Å². The van der Waals surface area contributed by atoms with Crippen LogP contribution in [0.2, 0.25) is 0 Å². The molecule has 0 unspecified atom stereocenters. The lowest BCUT2D eigenvalue weighted by atomic mass is 9.73. The molecule has 5 rings (SSSR count). The summed E-state index contributed by atoms with van der Waals surface area (Å²) in [6.45, 7) is 0.754. The standard InChI is InChI=1S/C20H19F6N7/c21-19(22,23)12-33-17-14(7-29-33)28-8-16(30-17)32-10-18(11-32)3-1-5-31(9-18)15-2-4-27-6-13(15)20(24,25)26/h2,4,6-8H,1,3,5,9-12H2. The molecular formula is C20H19F6N7. The first kappa shape index (κ1) is 21.7. The molecule has 13 heteroatoms. The maximum Gasteiger partial charge on any atom is 0.419 e. The van der Waals surface area contributed by atoms with Crippen molar-refractivity contribution in [1.82, 2.24) is 24.7 Å². The van der Waals surface area contributed by atoms with E-state index in [1.165, 1.54) is 24.7 Å². The van der Waals surface area contributed by atoms with Crippen LogP contribution < -0.4 is 9.80 Å². The molecule has 3 aromatic rings. The van der Waals surface area contributed by atoms with Crippen molar-refractivity contribution in [2.75, 3.05) is 36.0 Å². The number of hydrogen-bond donors (Lipinski definition) is 0. The minimum atomic E-state index is -4.50. The minimum absolute atomic E-state index is 0.0441. The Hall–Kier alpha value is -3.12. The molecule has 7 nitrogen and oxygen atoms in total. The molecule has 0 N–H and O–H groups in total. The zero-order valence-electron chi connectivity index (χ0n) is 17.2. The Kier molecular flexibility index (Phi) is 4.90. The van der Waals surface area contributed by atoms with Gasteiger partial charge in [-0.25, -0.2) is 14.6 Å². The van der Waals surface area contributed by atoms with Crippen LogP contribution in [0.4, 0.5) is 37.8 Å². The first-order valence-electron chi connectivity index (χ1n) is 10.3. The van der Waals surface area contributed by atoms with Gasteiger partial charge in [0.2, 0.25) is 0 Å². The van der Waals surface area contributed by atoms with E-state index in [1.807, 2.05) is 4.90 Å². The van der Waals surface area contributed by atoms with Crippen molar-refractivity contribution < 1.29 is 26.3 Å². The molecular weight excluding hydrogens is 452 g/mol. The predicted molar refractivity (Wildman–Crippen MR) is 107 cm³/mol. The Morgan fingerprint density at radius 3 is 2.45 bits per heavy atom. The minimum Gasteiger partial charge on any atom is -0.370 e. The average Bonchev–Trinajstić information content (AvgIpc) is 3.12. The third-order valence-electron chi connectivity index (χ3n) is 6.14. The molecule has 0 bridgehead atoms. The van der Waals surface area contributed by atoms with E-state index < -0.39 is 24.5 Å². The van der Waals surface area contributed by atoms with Crippen LogP contribution in [0.15, 0.2) is 30.9 Å². The monoisotopic (exact) mass is 471 g/mol. The van der Waals surface area contributed by atoms with Crippen LogP contribution in [0.25, 0.3) is 11.2 Å². The lowest BCUT2D eigenvalue weighted by Gasteiger charge is -2.55. The number of rotatable bonds is 3. The Morgan fingerprint density at radius 1 is 0.970 bits per heavy atom. The average molecular weight is 471 g/mol. The van der Waals surface area contributed by atoms with E-state index in [9.17, 15) is 26.3 Å². The summed E-state index contributed by atoms with van der Waals surface area (Å²) < 4.78 is 79.5. The fraction of sp³-hybridized carbons (Fsp3) is 0.500. The van der Waals surface area contributed by atoms with Crippen molar-refractivity contribution >= 4 is 22.7 Å². The maximum absolute atomic E-state index is 13.4. The highest BCUT2D eigenvalue weighted by Gasteiger charge is 2.47. The fourth-order valence-electron chi connectivity index (χ4n) is 4.76. The normalized spacial score (nSPS) is 18.7. The van der Waals surface area contributed by atoms with Gasteiger partial charge in [0.1, 0.15) is 17.9 Å². The molecule has 0 amide bonds. The first-order valence-corrected chi connectivity index (χ1v) is 10.3. The zero-order valence-corrected chi connectivity index (χ0v) is 17.2. The van der Waals surface area contributed by atoms with Crippen molar-refractivity contribution in [1.29, 1.82) is 0 Å². The van der Waals surface area contributed by atoms with Crippen molar-refractivity contribution in [2.24, 2.45) is 5.41 Å². The van der Waals surface area contributed by atoms with Gasteiger partial charge in [0.05, 0.1) is 23.6 Å². The lowest BCUT2D eigenvalue weighted by molar-refractivity contribution is -0.142. The molecule has 2 saturated heterocycles. The van der Waals surface area contributed by atoms with E-state index >= 15 is 0 Å². The van der Waals surface area contributed by atoms with Crippen molar-refractivity contribution in [2.45, 2.75) is 31.7 Å². The SMILES string of the molecule is FC(F)(F)Cn1ncc2ncc(N3CC4(CCCN(c5ccncc5C(F)(F)F)C4)C3)nc21. The topological polar surface area (TPSA) is 63.0 Å². The number of aromatic nitrogens is 5. The molecule has 0 aliphatic carbocycles. The zero-order chi connectivity index (χ0) is 23.4. The molecule has 2 fully saturated rings. The summed E-state index contributed by atoms with van der Waals surface area (Å²) in [5.74, 6) is 0.425. The van der Waals surface area contributed by atoms with Crippen LogP contribution in [-0.4, -0.2) is 57.1 Å². The predicted octanol–water partition coefficient (Wildman–Crippen LogP) is 3.91. The van der Waals surface area contributed by atoms with Gasteiger partial charge in [0, 0.05) is 44.0 Å². The smallest absolute Gasteiger partial charge is 0.370 e. The van der Waals surface area contributed by atoms with Crippen LogP contribution in [0.1, 0.15) is 18.4 Å². The van der Waals surface area contributed by atoms with Gasteiger partial charge in [-0.1, -0.05) is 0 Å². The number of halogens is 6. The molecule has 2 aliphatic heterocycles. The van der Waals surface area contributed by atoms with Crippen LogP contribution in [0, 0.1) is 5.41 Å². The summed E-state index contributed by atoms with van der Waals surface area (Å²) >= 11 is 0. The van der Waals surface area contributed by atoms with Gasteiger partial charge >= 0.3 is 12.4 Å². The molecule has 0 aromatic carbocycles. The molecule has 2 aliphatic rings. The highest BCUT2D eigenvalue weighted by Crippen LogP contribution is 2.44. The molecule has 0 atom stereocenters. The van der Waals surface area contributed by atoms with Gasteiger partial charge in [0.25, 0.3) is 0 Å². The Bertz CT molecular complexity index is 1170. The number of nitrogens with zero attached hydrogens (tertiary/aromatic N) is 7. The second kappa shape index (κ2) is 7.45. The van der Waals surface area contributed by atoms with Crippen molar-refractivity contribution in [3.8, 4) is 0 Å². The van der Waals surface area contributed by atoms with Gasteiger partial charge in [-0.2, -0.15) is 31.4 Å². The summed E-state index contributed by atoms with van der Waals surface area (Å²) in [4.78, 5) is 15.8. The van der Waals surface area contributed by atoms with Crippen LogP contribution in [0.3, 0.4) is 0 Å². The number of alkyl halides is 6. The highest BCUT2D eigenvalue weighted by molar-refractivity contribution is 5.71. The molecule has 33 heavy (non-hydrogen) atoms. The molecule has 3 aromatic heterocycles. The molecule has 176 valence electrons. The van der Waals surface area contributed by atoms with Gasteiger partial charge in [0.15, 0.2) is 5.65 Å². The van der Waals surface area contributed by atoms with E-state index in [1.54, 1.807) is 4.90 Å². The first-order chi connectivity index (χ1) is 15.5. The van der Waals surface area contributed by atoms with Crippen molar-refractivity contribution in [3.63, 3.8) is 0 Å². The second-order valence-corrected chi connectivity index (χ2v) is 8.63. The van der Waals surface area contributed by atoms with Crippen LogP contribution >= 0.6 is 0 Å². The Morgan fingerprint density at radius 2 is 1.73 bits per heavy atom. The van der Waals surface area contributed by atoms with Gasteiger partial charge < -0.3 is 9.80 Å². The molecule has 0 saturated carbocycles.